The van der Waals surface area contributed by atoms with E-state index in [1.165, 1.54) is 213 Å². The Morgan fingerprint density at radius 3 is 0.917 bits per heavy atom. The SMILES string of the molecule is Brc1c2ccccc2c(-c2ccc3c4c(cccc24)C2(CC2)c2ccccc2-3)c2ccccc12.CC1(C)OB(c2ccc3c4c(cccc24)C2(CC2)c2ccccc2-3)OC1(C)C.c1ccc(N(c2ccccc2)c2c3ccccc3c(-c3ccc4c5c(cccc35)C3(CC3)c3ccccc3-4)c3ccccc23)cc1.c1ccc(Nc2ccccc2)cc1. The topological polar surface area (TPSA) is 33.7 Å². The highest BCUT2D eigenvalue weighted by Gasteiger charge is 2.55. The van der Waals surface area contributed by atoms with Crippen molar-refractivity contribution in [1.82, 2.24) is 0 Å². The third kappa shape index (κ3) is 11.6. The van der Waals surface area contributed by atoms with Crippen LogP contribution in [0.3, 0.4) is 0 Å². The highest BCUT2D eigenvalue weighted by Crippen LogP contribution is 2.65. The van der Waals surface area contributed by atoms with Crippen molar-refractivity contribution >= 4 is 132 Å². The van der Waals surface area contributed by atoms with Crippen molar-refractivity contribution in [2.75, 3.05) is 10.2 Å². The summed E-state index contributed by atoms with van der Waals surface area (Å²) in [5, 5.41) is 21.7. The molecule has 19 aromatic carbocycles. The second-order valence-corrected chi connectivity index (χ2v) is 35.9. The van der Waals surface area contributed by atoms with Crippen LogP contribution in [0.5, 0.6) is 0 Å². The molecule has 0 radical (unpaired) electrons. The fourth-order valence-electron chi connectivity index (χ4n) is 21.3. The normalized spacial score (nSPS) is 15.9. The van der Waals surface area contributed by atoms with E-state index in [4.69, 9.17) is 9.31 Å². The maximum Gasteiger partial charge on any atom is 0.495 e. The molecule has 1 saturated heterocycles. The van der Waals surface area contributed by atoms with E-state index in [-0.39, 0.29) is 34.6 Å². The maximum absolute atomic E-state index is 6.40. The number of halogens is 1. The predicted molar refractivity (Wildman–Crippen MR) is 513 cm³/mol. The van der Waals surface area contributed by atoms with E-state index in [0.29, 0.717) is 0 Å². The maximum atomic E-state index is 6.40. The van der Waals surface area contributed by atoms with Crippen molar-refractivity contribution in [2.45, 2.75) is 93.7 Å². The summed E-state index contributed by atoms with van der Waals surface area (Å²) in [6.07, 6.45) is 7.42. The number of hydrogen-bond acceptors (Lipinski definition) is 4. The number of nitrogens with one attached hydrogen (secondary N) is 1. The molecule has 580 valence electrons. The van der Waals surface area contributed by atoms with E-state index in [0.717, 1.165) is 28.2 Å². The molecule has 0 aromatic heterocycles. The van der Waals surface area contributed by atoms with Gasteiger partial charge in [0.25, 0.3) is 0 Å². The van der Waals surface area contributed by atoms with Gasteiger partial charge in [0.1, 0.15) is 0 Å². The Labute approximate surface area is 716 Å². The van der Waals surface area contributed by atoms with Gasteiger partial charge in [-0.1, -0.05) is 334 Å². The number of anilines is 5. The lowest BCUT2D eigenvalue weighted by atomic mass is 9.69. The molecule has 0 bridgehead atoms. The molecule has 0 unspecified atom stereocenters. The molecule has 1 N–H and O–H groups in total. The summed E-state index contributed by atoms with van der Waals surface area (Å²) < 4.78 is 14.0. The molecule has 6 heteroatoms. The lowest BCUT2D eigenvalue weighted by Crippen LogP contribution is -2.41. The van der Waals surface area contributed by atoms with Gasteiger partial charge in [0.05, 0.1) is 16.9 Å². The van der Waals surface area contributed by atoms with Crippen LogP contribution in [0.15, 0.2) is 387 Å². The molecule has 4 nitrogen and oxygen atoms in total. The lowest BCUT2D eigenvalue weighted by molar-refractivity contribution is 0.00578. The minimum atomic E-state index is -0.332. The molecule has 1 heterocycles. The van der Waals surface area contributed by atoms with E-state index in [1.807, 2.05) is 60.7 Å². The van der Waals surface area contributed by atoms with Crippen molar-refractivity contribution in [3.8, 4) is 55.6 Å². The fraction of sp³-hybridized carbons (Fsp3) is 0.130. The first-order valence-corrected chi connectivity index (χ1v) is 43.8. The summed E-state index contributed by atoms with van der Waals surface area (Å²) in [7, 11) is -0.332. The lowest BCUT2D eigenvalue weighted by Gasteiger charge is -2.32. The Kier molecular flexibility index (Phi) is 17.2. The van der Waals surface area contributed by atoms with E-state index >= 15 is 0 Å². The summed E-state index contributed by atoms with van der Waals surface area (Å²) in [6.45, 7) is 8.47. The van der Waals surface area contributed by atoms with Gasteiger partial charge < -0.3 is 19.5 Å². The Morgan fingerprint density at radius 2 is 0.537 bits per heavy atom. The van der Waals surface area contributed by atoms with Crippen molar-refractivity contribution in [2.24, 2.45) is 0 Å². The Hall–Kier alpha value is -12.9. The molecule has 1 aliphatic heterocycles. The van der Waals surface area contributed by atoms with Crippen molar-refractivity contribution in [3.05, 3.63) is 420 Å². The zero-order chi connectivity index (χ0) is 80.9. The van der Waals surface area contributed by atoms with Gasteiger partial charge in [-0.25, -0.2) is 0 Å². The standard InChI is InChI=1S/C45H31N.C33H21Br.C25H25BO2.C12H11N/c1-3-14-30(15-4-1)46(31-16-5-2-6-17-31)44-38-21-9-7-19-34(38)42(35-20-8-10-22-39(35)44)37-27-26-36-32-18-11-12-24-40(32)45(28-29-45)41-25-13-23-33(37)43(36)41;34-32-26-11-3-1-9-22(26)30(23-10-2-4-12-27(23)32)25-17-16-24-20-8-5-6-14-28(20)33(18-19-33)29-15-7-13-21(25)31(24)29;1-23(2)24(3,4)28-26(27-23)21-13-12-17-16-8-5-6-10-19(16)25(14-15-25)20-11-7-9-18(21)22(17)20;1-3-7-11(8-4-1)13-12-9-5-2-6-10-12/h1-27H,28-29H2;1-17H,18-19H2;5-13H,14-15H2,1-4H3;1-10,13H. The van der Waals surface area contributed by atoms with Gasteiger partial charge in [-0.05, 0) is 290 Å². The third-order valence-corrected chi connectivity index (χ3v) is 28.9. The Bertz CT molecular complexity index is 7210. The molecule has 0 atom stereocenters. The van der Waals surface area contributed by atoms with Gasteiger partial charge in [0.2, 0.25) is 0 Å². The van der Waals surface area contributed by atoms with E-state index in [1.54, 1.807) is 0 Å². The van der Waals surface area contributed by atoms with Gasteiger partial charge in [0.15, 0.2) is 0 Å². The smallest absolute Gasteiger partial charge is 0.399 e. The molecule has 26 rings (SSSR count). The largest absolute Gasteiger partial charge is 0.495 e. The molecular formula is C115H88BBrN2O2. The first-order valence-electron chi connectivity index (χ1n) is 43.0. The second-order valence-electron chi connectivity index (χ2n) is 35.1. The molecule has 121 heavy (non-hydrogen) atoms. The van der Waals surface area contributed by atoms with Crippen molar-refractivity contribution in [1.29, 1.82) is 0 Å². The van der Waals surface area contributed by atoms with E-state index in [2.05, 4.69) is 375 Å². The highest BCUT2D eigenvalue weighted by molar-refractivity contribution is 9.10. The van der Waals surface area contributed by atoms with Gasteiger partial charge >= 0.3 is 7.12 Å². The fourth-order valence-corrected chi connectivity index (χ4v) is 22.0. The second kappa shape index (κ2) is 28.4. The van der Waals surface area contributed by atoms with Crippen LogP contribution in [0.4, 0.5) is 28.4 Å². The Morgan fingerprint density at radius 1 is 0.256 bits per heavy atom. The molecule has 6 aliphatic carbocycles. The van der Waals surface area contributed by atoms with Gasteiger partial charge in [-0.3, -0.25) is 0 Å². The van der Waals surface area contributed by atoms with Crippen LogP contribution in [-0.4, -0.2) is 18.3 Å². The number of rotatable bonds is 8. The minimum absolute atomic E-state index is 0.154. The van der Waals surface area contributed by atoms with E-state index < -0.39 is 0 Å². The first-order chi connectivity index (χ1) is 59.4. The van der Waals surface area contributed by atoms with Crippen LogP contribution < -0.4 is 15.7 Å². The summed E-state index contributed by atoms with van der Waals surface area (Å²) in [5.41, 5.74) is 29.4. The quantitative estimate of drug-likeness (QED) is 0.121. The summed E-state index contributed by atoms with van der Waals surface area (Å²) in [6, 6.07) is 139. The van der Waals surface area contributed by atoms with Crippen LogP contribution in [0.2, 0.25) is 0 Å². The van der Waals surface area contributed by atoms with Crippen LogP contribution in [0, 0.1) is 0 Å². The van der Waals surface area contributed by atoms with Gasteiger partial charge in [-0.2, -0.15) is 0 Å². The molecular weight excluding hydrogens is 1530 g/mol. The third-order valence-electron chi connectivity index (χ3n) is 28.1. The molecule has 3 saturated carbocycles. The Balaban J connectivity index is 0.000000101. The van der Waals surface area contributed by atoms with Crippen LogP contribution >= 0.6 is 15.9 Å². The molecule has 4 fully saturated rings. The monoisotopic (exact) mass is 1620 g/mol. The summed E-state index contributed by atoms with van der Waals surface area (Å²) in [4.78, 5) is 2.43. The van der Waals surface area contributed by atoms with Crippen LogP contribution in [-0.2, 0) is 25.6 Å². The molecule has 19 aromatic rings. The zero-order valence-electron chi connectivity index (χ0n) is 68.3. The average Bonchev–Trinajstić information content (AvgIpc) is 1.56. The number of para-hydroxylation sites is 4. The summed E-state index contributed by atoms with van der Waals surface area (Å²) >= 11 is 3.92. The number of nitrogens with zero attached hydrogens (tertiary/aromatic N) is 1. The zero-order valence-corrected chi connectivity index (χ0v) is 69.9. The molecule has 7 aliphatic rings. The minimum Gasteiger partial charge on any atom is -0.399 e. The van der Waals surface area contributed by atoms with Gasteiger partial charge in [-0.15, -0.1) is 0 Å². The number of hydrogen-bond donors (Lipinski definition) is 1. The van der Waals surface area contributed by atoms with Crippen LogP contribution in [0.25, 0.3) is 131 Å². The summed E-state index contributed by atoms with van der Waals surface area (Å²) in [5.74, 6) is 0. The van der Waals surface area contributed by atoms with Crippen molar-refractivity contribution < 1.29 is 9.31 Å². The molecule has 0 amide bonds. The van der Waals surface area contributed by atoms with Crippen LogP contribution in [0.1, 0.15) is 99.6 Å². The van der Waals surface area contributed by atoms with E-state index in [9.17, 15) is 0 Å². The first kappa shape index (κ1) is 73.2. The molecule has 3 spiro atoms. The highest BCUT2D eigenvalue weighted by atomic mass is 79.9. The van der Waals surface area contributed by atoms with Gasteiger partial charge in [0, 0.05) is 54.2 Å². The number of fused-ring (bicyclic) bond motifs is 16. The average molecular weight is 1620 g/mol. The van der Waals surface area contributed by atoms with Crippen molar-refractivity contribution in [3.63, 3.8) is 0 Å². The predicted octanol–water partition coefficient (Wildman–Crippen LogP) is 30.6. The number of benzene rings is 19.